The first kappa shape index (κ1) is 15.7. The van der Waals surface area contributed by atoms with Gasteiger partial charge < -0.3 is 9.47 Å². The van der Waals surface area contributed by atoms with Gasteiger partial charge in [0.25, 0.3) is 0 Å². The first-order valence-corrected chi connectivity index (χ1v) is 9.40. The van der Waals surface area contributed by atoms with Crippen molar-refractivity contribution in [2.75, 3.05) is 0 Å². The van der Waals surface area contributed by atoms with Gasteiger partial charge in [0.2, 0.25) is 0 Å². The summed E-state index contributed by atoms with van der Waals surface area (Å²) in [5.41, 5.74) is 1.46. The summed E-state index contributed by atoms with van der Waals surface area (Å²) in [6.45, 7) is 9.05. The number of rotatable bonds is 3. The van der Waals surface area contributed by atoms with Gasteiger partial charge >= 0.3 is 5.97 Å². The Morgan fingerprint density at radius 1 is 1.22 bits per heavy atom. The van der Waals surface area contributed by atoms with Crippen molar-refractivity contribution >= 4 is 5.97 Å². The summed E-state index contributed by atoms with van der Waals surface area (Å²) < 4.78 is 12.1. The van der Waals surface area contributed by atoms with Crippen LogP contribution in [0.25, 0.3) is 0 Å². The van der Waals surface area contributed by atoms with Gasteiger partial charge in [0.05, 0.1) is 17.1 Å². The lowest BCUT2D eigenvalue weighted by Crippen LogP contribution is -2.37. The van der Waals surface area contributed by atoms with Crippen LogP contribution in [0.3, 0.4) is 0 Å². The molecule has 3 fully saturated rings. The number of esters is 1. The molecule has 4 unspecified atom stereocenters. The maximum Gasteiger partial charge on any atom is 0.309 e. The molecule has 128 valence electrons. The zero-order valence-electron chi connectivity index (χ0n) is 14.9. The van der Waals surface area contributed by atoms with Crippen molar-refractivity contribution in [1.29, 1.82) is 0 Å². The molecule has 23 heavy (non-hydrogen) atoms. The molecule has 0 saturated carbocycles. The average Bonchev–Trinajstić information content (AvgIpc) is 3.02. The van der Waals surface area contributed by atoms with Crippen molar-refractivity contribution in [2.24, 2.45) is 23.7 Å². The number of fused-ring (bicyclic) bond motifs is 3. The molecular weight excluding hydrogens is 288 g/mol. The molecule has 0 amide bonds. The molecule has 3 aliphatic heterocycles. The third kappa shape index (κ3) is 2.30. The summed E-state index contributed by atoms with van der Waals surface area (Å²) in [6, 6.07) is 0. The van der Waals surface area contributed by atoms with Crippen molar-refractivity contribution in [1.82, 2.24) is 0 Å². The van der Waals surface area contributed by atoms with Gasteiger partial charge in [0.15, 0.2) is 0 Å². The quantitative estimate of drug-likeness (QED) is 0.576. The van der Waals surface area contributed by atoms with Gasteiger partial charge in [-0.3, -0.25) is 4.79 Å². The average molecular weight is 318 g/mol. The molecule has 3 heterocycles. The van der Waals surface area contributed by atoms with Crippen LogP contribution in [-0.2, 0) is 14.3 Å². The van der Waals surface area contributed by atoms with E-state index in [1.165, 1.54) is 18.4 Å². The smallest absolute Gasteiger partial charge is 0.309 e. The van der Waals surface area contributed by atoms with E-state index in [0.717, 1.165) is 25.7 Å². The zero-order chi connectivity index (χ0) is 16.4. The molecule has 0 aromatic heterocycles. The molecule has 3 saturated heterocycles. The lowest BCUT2D eigenvalue weighted by atomic mass is 9.66. The summed E-state index contributed by atoms with van der Waals surface area (Å²) in [4.78, 5) is 12.4. The molecule has 4 rings (SSSR count). The Balaban J connectivity index is 1.45. The Morgan fingerprint density at radius 3 is 2.65 bits per heavy atom. The number of carbonyl (C=O) groups excluding carboxylic acids is 1. The third-order valence-electron chi connectivity index (χ3n) is 7.54. The maximum atomic E-state index is 12.4. The van der Waals surface area contributed by atoms with Gasteiger partial charge in [0.1, 0.15) is 6.10 Å². The van der Waals surface area contributed by atoms with Crippen molar-refractivity contribution in [3.05, 3.63) is 11.6 Å². The third-order valence-corrected chi connectivity index (χ3v) is 7.54. The van der Waals surface area contributed by atoms with Crippen LogP contribution in [0, 0.1) is 23.7 Å². The molecular formula is C20H30O3. The largest absolute Gasteiger partial charge is 0.458 e. The summed E-state index contributed by atoms with van der Waals surface area (Å²) >= 11 is 0. The lowest BCUT2D eigenvalue weighted by molar-refractivity contribution is -0.143. The van der Waals surface area contributed by atoms with E-state index in [2.05, 4.69) is 33.8 Å². The number of carbonyl (C=O) groups is 1. The van der Waals surface area contributed by atoms with Crippen molar-refractivity contribution in [3.63, 3.8) is 0 Å². The number of hydrogen-bond donors (Lipinski definition) is 0. The molecule has 7 atom stereocenters. The molecule has 0 aromatic rings. The van der Waals surface area contributed by atoms with E-state index in [4.69, 9.17) is 9.47 Å². The molecule has 0 aromatic carbocycles. The second kappa shape index (κ2) is 5.08. The van der Waals surface area contributed by atoms with Crippen molar-refractivity contribution < 1.29 is 14.3 Å². The summed E-state index contributed by atoms with van der Waals surface area (Å²) in [7, 11) is 0. The Morgan fingerprint density at radius 2 is 1.96 bits per heavy atom. The molecule has 0 N–H and O–H groups in total. The van der Waals surface area contributed by atoms with Crippen LogP contribution in [0.1, 0.15) is 66.2 Å². The van der Waals surface area contributed by atoms with E-state index in [9.17, 15) is 4.79 Å². The van der Waals surface area contributed by atoms with Gasteiger partial charge in [-0.1, -0.05) is 12.5 Å². The number of allylic oxidation sites excluding steroid dienone is 1. The first-order valence-electron chi connectivity index (χ1n) is 9.40. The van der Waals surface area contributed by atoms with E-state index in [-0.39, 0.29) is 29.2 Å². The van der Waals surface area contributed by atoms with Crippen LogP contribution in [0.15, 0.2) is 11.6 Å². The Hall–Kier alpha value is -0.830. The highest BCUT2D eigenvalue weighted by molar-refractivity contribution is 5.75. The van der Waals surface area contributed by atoms with Crippen LogP contribution < -0.4 is 0 Å². The summed E-state index contributed by atoms with van der Waals surface area (Å²) in [6.07, 6.45) is 8.86. The predicted octanol–water partition coefficient (Wildman–Crippen LogP) is 4.26. The monoisotopic (exact) mass is 318 g/mol. The standard InChI is InChI=1S/C20H30O3/c1-12-5-6-14-15(18(21)22-17(14)11-12)7-8-16-13(2)19(3)9-10-20(16,4)23-19/h11,13-17H,5-10H2,1-4H3/t13?,14-,15-,16?,17-,19?,20?/m1/s1. The van der Waals surface area contributed by atoms with Crippen LogP contribution in [0.5, 0.6) is 0 Å². The number of ether oxygens (including phenoxy) is 2. The Labute approximate surface area is 139 Å². The fourth-order valence-electron chi connectivity index (χ4n) is 5.91. The zero-order valence-corrected chi connectivity index (χ0v) is 14.9. The van der Waals surface area contributed by atoms with Crippen LogP contribution in [0.2, 0.25) is 0 Å². The summed E-state index contributed by atoms with van der Waals surface area (Å²) in [5, 5.41) is 0. The van der Waals surface area contributed by atoms with Gasteiger partial charge in [-0.25, -0.2) is 0 Å². The first-order chi connectivity index (χ1) is 10.8. The van der Waals surface area contributed by atoms with Crippen LogP contribution in [0.4, 0.5) is 0 Å². The van der Waals surface area contributed by atoms with E-state index in [1.54, 1.807) is 0 Å². The predicted molar refractivity (Wildman–Crippen MR) is 88.9 cm³/mol. The second-order valence-corrected chi connectivity index (χ2v) is 8.92. The molecule has 0 radical (unpaired) electrons. The molecule has 2 bridgehead atoms. The summed E-state index contributed by atoms with van der Waals surface area (Å²) in [5.74, 6) is 1.72. The maximum absolute atomic E-state index is 12.4. The van der Waals surface area contributed by atoms with Crippen molar-refractivity contribution in [3.8, 4) is 0 Å². The van der Waals surface area contributed by atoms with Crippen LogP contribution >= 0.6 is 0 Å². The lowest BCUT2D eigenvalue weighted by Gasteiger charge is -2.35. The van der Waals surface area contributed by atoms with E-state index < -0.39 is 0 Å². The van der Waals surface area contributed by atoms with Crippen LogP contribution in [-0.4, -0.2) is 23.3 Å². The van der Waals surface area contributed by atoms with E-state index >= 15 is 0 Å². The van der Waals surface area contributed by atoms with Gasteiger partial charge in [0, 0.05) is 5.92 Å². The molecule has 1 aliphatic carbocycles. The minimum Gasteiger partial charge on any atom is -0.458 e. The highest BCUT2D eigenvalue weighted by Crippen LogP contribution is 2.59. The molecule has 3 heteroatoms. The van der Waals surface area contributed by atoms with Gasteiger partial charge in [-0.15, -0.1) is 0 Å². The minimum absolute atomic E-state index is 0.0269. The molecule has 3 nitrogen and oxygen atoms in total. The fourth-order valence-corrected chi connectivity index (χ4v) is 5.91. The normalized spacial score (nSPS) is 51.6. The molecule has 0 spiro atoms. The van der Waals surface area contributed by atoms with Gasteiger partial charge in [-0.2, -0.15) is 0 Å². The minimum atomic E-state index is 0.0269. The number of hydrogen-bond acceptors (Lipinski definition) is 3. The SMILES string of the molecule is CC1=C[C@H]2OC(=O)[C@H](CCC3C(C)C4(C)CCC3(C)O4)[C@H]2CC1. The highest BCUT2D eigenvalue weighted by Gasteiger charge is 2.61. The van der Waals surface area contributed by atoms with E-state index in [0.29, 0.717) is 17.8 Å². The van der Waals surface area contributed by atoms with E-state index in [1.807, 2.05) is 0 Å². The second-order valence-electron chi connectivity index (χ2n) is 8.92. The Bertz CT molecular complexity index is 553. The molecule has 4 aliphatic rings. The topological polar surface area (TPSA) is 35.5 Å². The Kier molecular flexibility index (Phi) is 3.46. The highest BCUT2D eigenvalue weighted by atomic mass is 16.6. The van der Waals surface area contributed by atoms with Crippen molar-refractivity contribution in [2.45, 2.75) is 83.5 Å². The fraction of sp³-hybridized carbons (Fsp3) is 0.850. The van der Waals surface area contributed by atoms with Gasteiger partial charge in [-0.05, 0) is 77.2 Å².